The number of halogens is 3. The van der Waals surface area contributed by atoms with Crippen molar-refractivity contribution in [2.24, 2.45) is 0 Å². The Morgan fingerprint density at radius 1 is 1.18 bits per heavy atom. The van der Waals surface area contributed by atoms with Crippen molar-refractivity contribution in [2.45, 2.75) is 18.6 Å². The molecule has 3 N–H and O–H groups in total. The van der Waals surface area contributed by atoms with Crippen LogP contribution >= 0.6 is 0 Å². The molecule has 0 aromatic heterocycles. The minimum absolute atomic E-state index is 0.220. The monoisotopic (exact) mass is 399 g/mol. The summed E-state index contributed by atoms with van der Waals surface area (Å²) in [7, 11) is 0. The lowest BCUT2D eigenvalue weighted by molar-refractivity contribution is -0.183. The number of hydrogen-bond donors (Lipinski definition) is 3. The number of benzene rings is 1. The molecule has 1 aromatic carbocycles. The number of carbonyl (C=O) groups excluding carboxylic acids is 2. The third-order valence-corrected chi connectivity index (χ3v) is 4.93. The van der Waals surface area contributed by atoms with Crippen LogP contribution in [-0.4, -0.2) is 74.9 Å². The molecule has 0 bridgehead atoms. The summed E-state index contributed by atoms with van der Waals surface area (Å²) in [6.07, 6.45) is -3.65. The van der Waals surface area contributed by atoms with Gasteiger partial charge in [0, 0.05) is 57.1 Å². The van der Waals surface area contributed by atoms with E-state index in [4.69, 9.17) is 0 Å². The summed E-state index contributed by atoms with van der Waals surface area (Å²) < 4.78 is 40.3. The molecule has 2 fully saturated rings. The van der Waals surface area contributed by atoms with Crippen LogP contribution < -0.4 is 20.9 Å². The molecule has 0 aliphatic carbocycles. The van der Waals surface area contributed by atoms with Crippen LogP contribution in [0, 0.1) is 0 Å². The summed E-state index contributed by atoms with van der Waals surface area (Å²) in [5.74, 6) is -0.594. The SMILES string of the molecule is O=C(NCC(N1CCNCC1)C(F)(F)F)c1cccc(N2CCCNC2=O)c1. The van der Waals surface area contributed by atoms with Crippen molar-refractivity contribution < 1.29 is 22.8 Å². The molecular weight excluding hydrogens is 375 g/mol. The van der Waals surface area contributed by atoms with Crippen LogP contribution in [0.4, 0.5) is 23.7 Å². The van der Waals surface area contributed by atoms with Crippen LogP contribution in [-0.2, 0) is 0 Å². The molecular formula is C18H24F3N5O2. The average Bonchev–Trinajstić information content (AvgIpc) is 2.68. The van der Waals surface area contributed by atoms with Crippen molar-refractivity contribution in [1.82, 2.24) is 20.9 Å². The predicted octanol–water partition coefficient (Wildman–Crippen LogP) is 1.17. The predicted molar refractivity (Wildman–Crippen MR) is 98.4 cm³/mol. The highest BCUT2D eigenvalue weighted by Gasteiger charge is 2.43. The Balaban J connectivity index is 1.66. The molecule has 2 saturated heterocycles. The van der Waals surface area contributed by atoms with Crippen molar-refractivity contribution in [1.29, 1.82) is 0 Å². The molecule has 10 heteroatoms. The topological polar surface area (TPSA) is 76.7 Å². The van der Waals surface area contributed by atoms with Gasteiger partial charge in [0.05, 0.1) is 0 Å². The summed E-state index contributed by atoms with van der Waals surface area (Å²) in [6.45, 7) is 2.13. The van der Waals surface area contributed by atoms with E-state index in [1.807, 2.05) is 0 Å². The molecule has 0 saturated carbocycles. The zero-order valence-corrected chi connectivity index (χ0v) is 15.4. The van der Waals surface area contributed by atoms with Crippen molar-refractivity contribution in [3.63, 3.8) is 0 Å². The normalized spacial score (nSPS) is 19.8. The number of urea groups is 1. The van der Waals surface area contributed by atoms with Crippen LogP contribution in [0.1, 0.15) is 16.8 Å². The number of carbonyl (C=O) groups is 2. The fourth-order valence-electron chi connectivity index (χ4n) is 3.43. The molecule has 0 radical (unpaired) electrons. The zero-order valence-electron chi connectivity index (χ0n) is 15.4. The number of nitrogens with zero attached hydrogens (tertiary/aromatic N) is 2. The first-order valence-electron chi connectivity index (χ1n) is 9.31. The second-order valence-corrected chi connectivity index (χ2v) is 6.84. The maximum Gasteiger partial charge on any atom is 0.405 e. The molecule has 154 valence electrons. The Morgan fingerprint density at radius 2 is 1.93 bits per heavy atom. The second kappa shape index (κ2) is 8.78. The van der Waals surface area contributed by atoms with Crippen molar-refractivity contribution in [3.8, 4) is 0 Å². The molecule has 1 unspecified atom stereocenters. The zero-order chi connectivity index (χ0) is 20.1. The fourth-order valence-corrected chi connectivity index (χ4v) is 3.43. The highest BCUT2D eigenvalue weighted by Crippen LogP contribution is 2.25. The standard InChI is InChI=1S/C18H24F3N5O2/c19-18(20,21)15(25-9-6-22-7-10-25)12-24-16(27)13-3-1-4-14(11-13)26-8-2-5-23-17(26)28/h1,3-4,11,15,22H,2,5-10,12H2,(H,23,28)(H,24,27). The van der Waals surface area contributed by atoms with Crippen molar-refractivity contribution >= 4 is 17.6 Å². The van der Waals surface area contributed by atoms with Gasteiger partial charge in [0.25, 0.3) is 5.91 Å². The third kappa shape index (κ3) is 4.93. The molecule has 3 amide bonds. The minimum Gasteiger partial charge on any atom is -0.350 e. The van der Waals surface area contributed by atoms with E-state index >= 15 is 0 Å². The smallest absolute Gasteiger partial charge is 0.350 e. The van der Waals surface area contributed by atoms with Crippen LogP contribution in [0.5, 0.6) is 0 Å². The first-order chi connectivity index (χ1) is 13.4. The van der Waals surface area contributed by atoms with Crippen LogP contribution in [0.2, 0.25) is 0 Å². The summed E-state index contributed by atoms with van der Waals surface area (Å²) in [4.78, 5) is 27.3. The average molecular weight is 399 g/mol. The molecule has 1 aromatic rings. The molecule has 0 spiro atoms. The lowest BCUT2D eigenvalue weighted by Gasteiger charge is -2.35. The quantitative estimate of drug-likeness (QED) is 0.695. The van der Waals surface area contributed by atoms with Gasteiger partial charge in [-0.2, -0.15) is 13.2 Å². The maximum absolute atomic E-state index is 13.4. The first kappa shape index (κ1) is 20.4. The van der Waals surface area contributed by atoms with E-state index in [-0.39, 0.29) is 24.7 Å². The largest absolute Gasteiger partial charge is 0.405 e. The van der Waals surface area contributed by atoms with E-state index in [1.165, 1.54) is 21.9 Å². The number of nitrogens with one attached hydrogen (secondary N) is 3. The van der Waals surface area contributed by atoms with E-state index in [0.717, 1.165) is 6.42 Å². The Kier molecular flexibility index (Phi) is 6.40. The summed E-state index contributed by atoms with van der Waals surface area (Å²) in [5.41, 5.74) is 0.761. The van der Waals surface area contributed by atoms with E-state index < -0.39 is 24.7 Å². The van der Waals surface area contributed by atoms with E-state index in [9.17, 15) is 22.8 Å². The molecule has 2 aliphatic heterocycles. The number of rotatable bonds is 5. The van der Waals surface area contributed by atoms with E-state index in [2.05, 4.69) is 16.0 Å². The van der Waals surface area contributed by atoms with Crippen molar-refractivity contribution in [3.05, 3.63) is 29.8 Å². The van der Waals surface area contributed by atoms with Gasteiger partial charge < -0.3 is 16.0 Å². The van der Waals surface area contributed by atoms with Gasteiger partial charge in [-0.1, -0.05) is 6.07 Å². The molecule has 7 nitrogen and oxygen atoms in total. The number of piperazine rings is 1. The van der Waals surface area contributed by atoms with Gasteiger partial charge in [-0.15, -0.1) is 0 Å². The number of amides is 3. The Labute approximate surface area is 161 Å². The molecule has 3 rings (SSSR count). The number of anilines is 1. The number of hydrogen-bond acceptors (Lipinski definition) is 4. The van der Waals surface area contributed by atoms with Gasteiger partial charge in [0.15, 0.2) is 0 Å². The minimum atomic E-state index is -4.43. The summed E-state index contributed by atoms with van der Waals surface area (Å²) in [6, 6.07) is 4.38. The first-order valence-corrected chi connectivity index (χ1v) is 9.31. The van der Waals surface area contributed by atoms with Gasteiger partial charge in [0.2, 0.25) is 0 Å². The lowest BCUT2D eigenvalue weighted by Crippen LogP contribution is -2.57. The Hall–Kier alpha value is -2.33. The van der Waals surface area contributed by atoms with Gasteiger partial charge in [-0.05, 0) is 24.6 Å². The highest BCUT2D eigenvalue weighted by atomic mass is 19.4. The van der Waals surface area contributed by atoms with Crippen LogP contribution in [0.25, 0.3) is 0 Å². The second-order valence-electron chi connectivity index (χ2n) is 6.84. The lowest BCUT2D eigenvalue weighted by atomic mass is 10.1. The van der Waals surface area contributed by atoms with Crippen LogP contribution in [0.15, 0.2) is 24.3 Å². The Morgan fingerprint density at radius 3 is 2.61 bits per heavy atom. The summed E-state index contributed by atoms with van der Waals surface area (Å²) >= 11 is 0. The van der Waals surface area contributed by atoms with Crippen LogP contribution in [0.3, 0.4) is 0 Å². The van der Waals surface area contributed by atoms with Gasteiger partial charge in [-0.25, -0.2) is 4.79 Å². The van der Waals surface area contributed by atoms with Crippen molar-refractivity contribution in [2.75, 3.05) is 50.7 Å². The van der Waals surface area contributed by atoms with Gasteiger partial charge in [-0.3, -0.25) is 14.6 Å². The number of alkyl halides is 3. The van der Waals surface area contributed by atoms with E-state index in [0.29, 0.717) is 31.9 Å². The molecule has 2 aliphatic rings. The van der Waals surface area contributed by atoms with Gasteiger partial charge >= 0.3 is 12.2 Å². The molecule has 2 heterocycles. The van der Waals surface area contributed by atoms with Gasteiger partial charge in [0.1, 0.15) is 6.04 Å². The summed E-state index contributed by atoms with van der Waals surface area (Å²) in [5, 5.41) is 8.15. The third-order valence-electron chi connectivity index (χ3n) is 4.93. The molecule has 28 heavy (non-hydrogen) atoms. The van der Waals surface area contributed by atoms with E-state index in [1.54, 1.807) is 12.1 Å². The highest BCUT2D eigenvalue weighted by molar-refractivity contribution is 5.97. The Bertz CT molecular complexity index is 707. The molecule has 1 atom stereocenters. The fraction of sp³-hybridized carbons (Fsp3) is 0.556. The maximum atomic E-state index is 13.4.